The van der Waals surface area contributed by atoms with Crippen LogP contribution < -0.4 is 10.6 Å². The van der Waals surface area contributed by atoms with Crippen molar-refractivity contribution in [3.8, 4) is 22.5 Å². The third-order valence-electron chi connectivity index (χ3n) is 5.91. The van der Waals surface area contributed by atoms with Gasteiger partial charge < -0.3 is 15.4 Å². The number of carbonyl (C=O) groups excluding carboxylic acids is 1. The molecule has 1 aliphatic heterocycles. The molecule has 5 rings (SSSR count). The number of fused-ring (bicyclic) bond motifs is 1. The van der Waals surface area contributed by atoms with Gasteiger partial charge in [0.05, 0.1) is 24.9 Å². The molecule has 4 aromatic rings. The molecule has 1 amide bonds. The quantitative estimate of drug-likeness (QED) is 0.516. The van der Waals surface area contributed by atoms with Crippen LogP contribution in [0.3, 0.4) is 0 Å². The number of anilines is 1. The molecule has 3 aromatic heterocycles. The van der Waals surface area contributed by atoms with Crippen molar-refractivity contribution in [2.75, 3.05) is 24.7 Å². The van der Waals surface area contributed by atoms with Gasteiger partial charge in [0.15, 0.2) is 0 Å². The average molecular weight is 428 g/mol. The monoisotopic (exact) mass is 428 g/mol. The molecule has 1 fully saturated rings. The Kier molecular flexibility index (Phi) is 5.07. The second-order valence-electron chi connectivity index (χ2n) is 8.07. The molecular weight excluding hydrogens is 404 g/mol. The number of nitrogens with zero attached hydrogens (tertiary/aromatic N) is 4. The third-order valence-corrected chi connectivity index (χ3v) is 5.91. The van der Waals surface area contributed by atoms with Crippen molar-refractivity contribution in [1.82, 2.24) is 20.2 Å². The van der Waals surface area contributed by atoms with Crippen molar-refractivity contribution in [3.05, 3.63) is 59.9 Å². The van der Waals surface area contributed by atoms with Gasteiger partial charge in [-0.3, -0.25) is 14.9 Å². The predicted molar refractivity (Wildman–Crippen MR) is 123 cm³/mol. The van der Waals surface area contributed by atoms with Crippen LogP contribution in [0.1, 0.15) is 22.8 Å². The Morgan fingerprint density at radius 1 is 1.25 bits per heavy atom. The van der Waals surface area contributed by atoms with E-state index in [1.807, 2.05) is 31.3 Å². The number of aryl methyl sites for hydroxylation is 1. The molecular formula is C24H24N6O2. The van der Waals surface area contributed by atoms with Crippen molar-refractivity contribution in [1.29, 1.82) is 0 Å². The summed E-state index contributed by atoms with van der Waals surface area (Å²) in [5.74, 6) is 0.427. The highest BCUT2D eigenvalue weighted by atomic mass is 16.5. The number of hydrogen-bond acceptors (Lipinski definition) is 6. The Hall–Kier alpha value is -3.78. The molecule has 32 heavy (non-hydrogen) atoms. The largest absolute Gasteiger partial charge is 0.377 e. The molecule has 0 aliphatic carbocycles. The molecule has 1 atom stereocenters. The van der Waals surface area contributed by atoms with E-state index in [0.717, 1.165) is 51.3 Å². The lowest BCUT2D eigenvalue weighted by atomic mass is 9.96. The number of rotatable bonds is 4. The number of benzene rings is 1. The molecule has 1 aromatic carbocycles. The van der Waals surface area contributed by atoms with Gasteiger partial charge in [0.1, 0.15) is 17.0 Å². The fourth-order valence-corrected chi connectivity index (χ4v) is 4.23. The molecule has 1 aliphatic rings. The lowest BCUT2D eigenvalue weighted by Gasteiger charge is -2.34. The van der Waals surface area contributed by atoms with E-state index in [1.54, 1.807) is 18.3 Å². The molecule has 1 unspecified atom stereocenters. The molecule has 8 nitrogen and oxygen atoms in total. The van der Waals surface area contributed by atoms with Gasteiger partial charge in [0.2, 0.25) is 5.91 Å². The predicted octanol–water partition coefficient (Wildman–Crippen LogP) is 3.32. The minimum atomic E-state index is -0.444. The first-order valence-electron chi connectivity index (χ1n) is 10.6. The van der Waals surface area contributed by atoms with Crippen LogP contribution in [0.25, 0.3) is 33.4 Å². The van der Waals surface area contributed by atoms with Crippen LogP contribution in [0.2, 0.25) is 0 Å². The molecule has 8 heteroatoms. The topological polar surface area (TPSA) is 110 Å². The van der Waals surface area contributed by atoms with Crippen molar-refractivity contribution in [2.45, 2.75) is 19.9 Å². The Bertz CT molecular complexity index is 1280. The Balaban J connectivity index is 1.79. The zero-order valence-corrected chi connectivity index (χ0v) is 18.0. The highest BCUT2D eigenvalue weighted by molar-refractivity contribution is 6.03. The highest BCUT2D eigenvalue weighted by Gasteiger charge is 2.24. The van der Waals surface area contributed by atoms with Gasteiger partial charge in [0.25, 0.3) is 0 Å². The number of H-pyrrole nitrogens is 1. The maximum atomic E-state index is 11.6. The van der Waals surface area contributed by atoms with E-state index in [4.69, 9.17) is 15.5 Å². The maximum absolute atomic E-state index is 11.6. The van der Waals surface area contributed by atoms with Crippen molar-refractivity contribution in [2.24, 2.45) is 5.73 Å². The van der Waals surface area contributed by atoms with Crippen molar-refractivity contribution < 1.29 is 9.53 Å². The van der Waals surface area contributed by atoms with Gasteiger partial charge in [0, 0.05) is 29.9 Å². The Labute approximate surface area is 185 Å². The standard InChI is InChI=1S/C24H24N6O2/c1-14-12-26-22(19-7-8-27-29-19)23-21(14)18(16-3-5-17(6-4-16)24(25)31)11-20(28-23)30-9-10-32-13-15(30)2/h3-8,11-12,15H,9-10,13H2,1-2H3,(H2,25,31)(H,27,29). The van der Waals surface area contributed by atoms with E-state index >= 15 is 0 Å². The number of morpholine rings is 1. The van der Waals surface area contributed by atoms with Crippen LogP contribution >= 0.6 is 0 Å². The number of aromatic amines is 1. The number of hydrogen-bond donors (Lipinski definition) is 2. The lowest BCUT2D eigenvalue weighted by Crippen LogP contribution is -2.44. The minimum absolute atomic E-state index is 0.201. The summed E-state index contributed by atoms with van der Waals surface area (Å²) < 4.78 is 5.63. The fourth-order valence-electron chi connectivity index (χ4n) is 4.23. The third kappa shape index (κ3) is 3.48. The first-order valence-corrected chi connectivity index (χ1v) is 10.6. The molecule has 0 saturated carbocycles. The number of carbonyl (C=O) groups is 1. The Morgan fingerprint density at radius 2 is 2.06 bits per heavy atom. The van der Waals surface area contributed by atoms with Gasteiger partial charge >= 0.3 is 0 Å². The first-order chi connectivity index (χ1) is 15.5. The van der Waals surface area contributed by atoms with Crippen LogP contribution in [0, 0.1) is 6.92 Å². The van der Waals surface area contributed by atoms with Crippen LogP contribution in [-0.4, -0.2) is 51.9 Å². The number of amides is 1. The summed E-state index contributed by atoms with van der Waals surface area (Å²) in [5, 5.41) is 8.12. The SMILES string of the molecule is Cc1cnc(-c2ccn[nH]2)c2nc(N3CCOCC3C)cc(-c3ccc(C(N)=O)cc3)c12. The molecule has 0 bridgehead atoms. The normalized spacial score (nSPS) is 16.4. The van der Waals surface area contributed by atoms with Gasteiger partial charge in [-0.25, -0.2) is 4.98 Å². The summed E-state index contributed by atoms with van der Waals surface area (Å²) in [6.45, 7) is 6.25. The van der Waals surface area contributed by atoms with E-state index in [-0.39, 0.29) is 6.04 Å². The summed E-state index contributed by atoms with van der Waals surface area (Å²) in [6.07, 6.45) is 3.57. The lowest BCUT2D eigenvalue weighted by molar-refractivity contribution is 0.0985. The summed E-state index contributed by atoms with van der Waals surface area (Å²) in [5.41, 5.74) is 11.3. The Morgan fingerprint density at radius 3 is 2.75 bits per heavy atom. The van der Waals surface area contributed by atoms with Gasteiger partial charge in [-0.15, -0.1) is 0 Å². The van der Waals surface area contributed by atoms with Gasteiger partial charge in [-0.05, 0) is 54.8 Å². The molecule has 1 saturated heterocycles. The maximum Gasteiger partial charge on any atom is 0.248 e. The van der Waals surface area contributed by atoms with E-state index in [2.05, 4.69) is 33.1 Å². The van der Waals surface area contributed by atoms with E-state index in [1.165, 1.54) is 0 Å². The molecule has 3 N–H and O–H groups in total. The first kappa shape index (κ1) is 20.1. The fraction of sp³-hybridized carbons (Fsp3) is 0.250. The summed E-state index contributed by atoms with van der Waals surface area (Å²) in [7, 11) is 0. The second-order valence-corrected chi connectivity index (χ2v) is 8.07. The van der Waals surface area contributed by atoms with Crippen LogP contribution in [0.4, 0.5) is 5.82 Å². The molecule has 0 radical (unpaired) electrons. The van der Waals surface area contributed by atoms with Crippen molar-refractivity contribution in [3.63, 3.8) is 0 Å². The van der Waals surface area contributed by atoms with Gasteiger partial charge in [-0.2, -0.15) is 5.10 Å². The average Bonchev–Trinajstić information content (AvgIpc) is 3.34. The van der Waals surface area contributed by atoms with E-state index in [0.29, 0.717) is 18.8 Å². The van der Waals surface area contributed by atoms with E-state index < -0.39 is 5.91 Å². The number of aromatic nitrogens is 4. The number of pyridine rings is 2. The second kappa shape index (κ2) is 8.05. The zero-order valence-electron chi connectivity index (χ0n) is 18.0. The van der Waals surface area contributed by atoms with Crippen LogP contribution in [-0.2, 0) is 4.74 Å². The summed E-state index contributed by atoms with van der Waals surface area (Å²) in [4.78, 5) is 23.6. The summed E-state index contributed by atoms with van der Waals surface area (Å²) >= 11 is 0. The number of ether oxygens (including phenoxy) is 1. The van der Waals surface area contributed by atoms with E-state index in [9.17, 15) is 4.79 Å². The molecule has 162 valence electrons. The number of nitrogens with one attached hydrogen (secondary N) is 1. The summed E-state index contributed by atoms with van der Waals surface area (Å²) in [6, 6.07) is 11.6. The van der Waals surface area contributed by atoms with Crippen LogP contribution in [0.15, 0.2) is 48.8 Å². The minimum Gasteiger partial charge on any atom is -0.377 e. The van der Waals surface area contributed by atoms with Gasteiger partial charge in [-0.1, -0.05) is 12.1 Å². The van der Waals surface area contributed by atoms with Crippen LogP contribution in [0.5, 0.6) is 0 Å². The smallest absolute Gasteiger partial charge is 0.248 e. The molecule has 4 heterocycles. The molecule has 0 spiro atoms. The number of primary amides is 1. The van der Waals surface area contributed by atoms with Crippen molar-refractivity contribution >= 4 is 22.6 Å². The highest BCUT2D eigenvalue weighted by Crippen LogP contribution is 2.37. The number of nitrogens with two attached hydrogens (primary N) is 1. The zero-order chi connectivity index (χ0) is 22.2.